The highest BCUT2D eigenvalue weighted by Crippen LogP contribution is 2.46. The Balaban J connectivity index is 2.14. The summed E-state index contributed by atoms with van der Waals surface area (Å²) in [5.74, 6) is -2.61. The average Bonchev–Trinajstić information content (AvgIpc) is 2.53. The normalized spacial score (nSPS) is 25.2. The lowest BCUT2D eigenvalue weighted by molar-refractivity contribution is -0.153. The van der Waals surface area contributed by atoms with Crippen molar-refractivity contribution in [2.75, 3.05) is 6.61 Å². The first-order valence-corrected chi connectivity index (χ1v) is 8.63. The predicted molar refractivity (Wildman–Crippen MR) is 92.5 cm³/mol. The van der Waals surface area contributed by atoms with Crippen LogP contribution >= 0.6 is 0 Å². The maximum atomic E-state index is 12.9. The molecule has 2 aliphatic rings. The highest BCUT2D eigenvalue weighted by atomic mass is 16.5. The van der Waals surface area contributed by atoms with E-state index in [0.717, 1.165) is 5.56 Å². The number of carbonyl (C=O) groups is 3. The third-order valence-electron chi connectivity index (χ3n) is 4.82. The fraction of sp³-hybridized carbons (Fsp3) is 0.450. The first-order chi connectivity index (χ1) is 11.8. The van der Waals surface area contributed by atoms with Gasteiger partial charge in [-0.05, 0) is 24.3 Å². The highest BCUT2D eigenvalue weighted by Gasteiger charge is 2.48. The molecule has 5 nitrogen and oxygen atoms in total. The number of rotatable bonds is 3. The summed E-state index contributed by atoms with van der Waals surface area (Å²) in [6.07, 6.45) is 1.01. The van der Waals surface area contributed by atoms with Crippen molar-refractivity contribution in [2.24, 2.45) is 11.3 Å². The summed E-state index contributed by atoms with van der Waals surface area (Å²) in [4.78, 5) is 38.1. The van der Waals surface area contributed by atoms with E-state index in [1.54, 1.807) is 6.92 Å². The summed E-state index contributed by atoms with van der Waals surface area (Å²) in [5, 5.41) is 2.81. The van der Waals surface area contributed by atoms with Gasteiger partial charge in [-0.25, -0.2) is 0 Å². The number of ketones is 1. The molecule has 1 amide bonds. The SMILES string of the molecule is CCOC(=O)C1C(=O)NC2=C(C(=O)CC(C)(C)C2)C1c1ccccc1. The van der Waals surface area contributed by atoms with Crippen LogP contribution in [0.25, 0.3) is 0 Å². The van der Waals surface area contributed by atoms with Crippen molar-refractivity contribution < 1.29 is 19.1 Å². The number of nitrogens with one attached hydrogen (secondary N) is 1. The van der Waals surface area contributed by atoms with Crippen molar-refractivity contribution in [3.8, 4) is 0 Å². The maximum Gasteiger partial charge on any atom is 0.319 e. The molecule has 1 heterocycles. The molecule has 0 spiro atoms. The Hall–Kier alpha value is -2.43. The zero-order valence-electron chi connectivity index (χ0n) is 14.8. The van der Waals surface area contributed by atoms with E-state index >= 15 is 0 Å². The summed E-state index contributed by atoms with van der Waals surface area (Å²) in [6, 6.07) is 9.27. The number of amides is 1. The van der Waals surface area contributed by atoms with Crippen molar-refractivity contribution in [3.05, 3.63) is 47.2 Å². The summed E-state index contributed by atoms with van der Waals surface area (Å²) in [5.41, 5.74) is 1.79. The second-order valence-electron chi connectivity index (χ2n) is 7.44. The molecule has 1 aliphatic heterocycles. The minimum Gasteiger partial charge on any atom is -0.465 e. The van der Waals surface area contributed by atoms with Crippen molar-refractivity contribution >= 4 is 17.7 Å². The standard InChI is InChI=1S/C20H23NO4/c1-4-25-19(24)17-15(12-8-6-5-7-9-12)16-13(21-18(17)23)10-20(2,3)11-14(16)22/h5-9,15,17H,4,10-11H2,1-3H3,(H,21,23). The molecule has 0 aromatic heterocycles. The molecular formula is C20H23NO4. The Morgan fingerprint density at radius 2 is 1.88 bits per heavy atom. The van der Waals surface area contributed by atoms with E-state index in [1.807, 2.05) is 44.2 Å². The van der Waals surface area contributed by atoms with Gasteiger partial charge >= 0.3 is 5.97 Å². The summed E-state index contributed by atoms with van der Waals surface area (Å²) in [6.45, 7) is 5.91. The highest BCUT2D eigenvalue weighted by molar-refractivity contribution is 6.08. The van der Waals surface area contributed by atoms with Crippen LogP contribution in [0.15, 0.2) is 41.6 Å². The molecule has 0 saturated carbocycles. The molecule has 1 aliphatic carbocycles. The minimum atomic E-state index is -1.04. The Morgan fingerprint density at radius 3 is 2.52 bits per heavy atom. The van der Waals surface area contributed by atoms with Gasteiger partial charge in [0, 0.05) is 23.6 Å². The van der Waals surface area contributed by atoms with Crippen molar-refractivity contribution in [1.29, 1.82) is 0 Å². The number of benzene rings is 1. The molecule has 2 atom stereocenters. The van der Waals surface area contributed by atoms with Gasteiger partial charge in [0.15, 0.2) is 5.78 Å². The molecule has 1 aromatic rings. The Labute approximate surface area is 147 Å². The van der Waals surface area contributed by atoms with Crippen LogP contribution in [0.2, 0.25) is 0 Å². The molecule has 132 valence electrons. The van der Waals surface area contributed by atoms with Crippen LogP contribution in [0.3, 0.4) is 0 Å². The van der Waals surface area contributed by atoms with Gasteiger partial charge in [-0.2, -0.15) is 0 Å². The summed E-state index contributed by atoms with van der Waals surface area (Å²) in [7, 11) is 0. The molecule has 0 bridgehead atoms. The topological polar surface area (TPSA) is 72.5 Å². The largest absolute Gasteiger partial charge is 0.465 e. The Bertz CT molecular complexity index is 748. The molecule has 1 aromatic carbocycles. The van der Waals surface area contributed by atoms with Crippen LogP contribution in [-0.4, -0.2) is 24.3 Å². The van der Waals surface area contributed by atoms with Crippen LogP contribution in [0, 0.1) is 11.3 Å². The quantitative estimate of drug-likeness (QED) is 0.678. The van der Waals surface area contributed by atoms with Gasteiger partial charge in [-0.3, -0.25) is 14.4 Å². The van der Waals surface area contributed by atoms with Gasteiger partial charge in [-0.1, -0.05) is 44.2 Å². The second kappa shape index (κ2) is 6.47. The average molecular weight is 341 g/mol. The molecule has 5 heteroatoms. The molecule has 0 radical (unpaired) electrons. The van der Waals surface area contributed by atoms with Crippen molar-refractivity contribution in [1.82, 2.24) is 5.32 Å². The van der Waals surface area contributed by atoms with E-state index in [9.17, 15) is 14.4 Å². The van der Waals surface area contributed by atoms with Crippen LogP contribution in [-0.2, 0) is 19.1 Å². The first-order valence-electron chi connectivity index (χ1n) is 8.63. The van der Waals surface area contributed by atoms with Crippen LogP contribution in [0.5, 0.6) is 0 Å². The minimum absolute atomic E-state index is 0.00518. The maximum absolute atomic E-state index is 12.9. The third kappa shape index (κ3) is 3.23. The monoisotopic (exact) mass is 341 g/mol. The summed E-state index contributed by atoms with van der Waals surface area (Å²) >= 11 is 0. The molecule has 0 saturated heterocycles. The van der Waals surface area contributed by atoms with Gasteiger partial charge < -0.3 is 10.1 Å². The predicted octanol–water partition coefficient (Wildman–Crippen LogP) is 2.72. The molecule has 0 fully saturated rings. The van der Waals surface area contributed by atoms with Gasteiger partial charge in [0.1, 0.15) is 5.92 Å². The zero-order chi connectivity index (χ0) is 18.2. The van der Waals surface area contributed by atoms with E-state index in [0.29, 0.717) is 24.1 Å². The van der Waals surface area contributed by atoms with Crippen molar-refractivity contribution in [2.45, 2.75) is 39.5 Å². The lowest BCUT2D eigenvalue weighted by atomic mass is 9.67. The van der Waals surface area contributed by atoms with Gasteiger partial charge in [-0.15, -0.1) is 0 Å². The van der Waals surface area contributed by atoms with Crippen LogP contribution in [0.4, 0.5) is 0 Å². The number of hydrogen-bond donors (Lipinski definition) is 1. The van der Waals surface area contributed by atoms with Gasteiger partial charge in [0.2, 0.25) is 5.91 Å². The lowest BCUT2D eigenvalue weighted by Gasteiger charge is -2.40. The molecule has 3 rings (SSSR count). The first kappa shape index (κ1) is 17.4. The van der Waals surface area contributed by atoms with Crippen LogP contribution in [0.1, 0.15) is 45.1 Å². The van der Waals surface area contributed by atoms with Crippen LogP contribution < -0.4 is 5.32 Å². The van der Waals surface area contributed by atoms with Crippen molar-refractivity contribution in [3.63, 3.8) is 0 Å². The number of Topliss-reactive ketones (excluding diaryl/α,β-unsaturated/α-hetero) is 1. The fourth-order valence-corrected chi connectivity index (χ4v) is 3.85. The number of ether oxygens (including phenoxy) is 1. The smallest absolute Gasteiger partial charge is 0.319 e. The number of esters is 1. The third-order valence-corrected chi connectivity index (χ3v) is 4.82. The van der Waals surface area contributed by atoms with E-state index < -0.39 is 23.7 Å². The number of carbonyl (C=O) groups excluding carboxylic acids is 3. The van der Waals surface area contributed by atoms with E-state index in [2.05, 4.69) is 5.32 Å². The molecule has 25 heavy (non-hydrogen) atoms. The number of allylic oxidation sites excluding steroid dienone is 2. The van der Waals surface area contributed by atoms with Gasteiger partial charge in [0.05, 0.1) is 6.61 Å². The molecule has 1 N–H and O–H groups in total. The fourth-order valence-electron chi connectivity index (χ4n) is 3.85. The lowest BCUT2D eigenvalue weighted by Crippen LogP contribution is -2.49. The molecule has 2 unspecified atom stereocenters. The van der Waals surface area contributed by atoms with E-state index in [1.165, 1.54) is 0 Å². The second-order valence-corrected chi connectivity index (χ2v) is 7.44. The Morgan fingerprint density at radius 1 is 1.20 bits per heavy atom. The van der Waals surface area contributed by atoms with Gasteiger partial charge in [0.25, 0.3) is 0 Å². The Kier molecular flexibility index (Phi) is 4.50. The molecular weight excluding hydrogens is 318 g/mol. The van der Waals surface area contributed by atoms with E-state index in [4.69, 9.17) is 4.74 Å². The van der Waals surface area contributed by atoms with E-state index in [-0.39, 0.29) is 17.8 Å². The summed E-state index contributed by atoms with van der Waals surface area (Å²) < 4.78 is 5.13. The number of hydrogen-bond acceptors (Lipinski definition) is 4. The zero-order valence-corrected chi connectivity index (χ0v) is 14.8.